The minimum absolute atomic E-state index is 0.00762. The number of phenols is 1. The maximum Gasteiger partial charge on any atom is 0.446 e. The Kier molecular flexibility index (Phi) is 24.4. The molecule has 92 heavy (non-hydrogen) atoms. The van der Waals surface area contributed by atoms with E-state index < -0.39 is 194 Å². The van der Waals surface area contributed by atoms with Gasteiger partial charge in [0.15, 0.2) is 11.5 Å². The predicted octanol–water partition coefficient (Wildman–Crippen LogP) is -2.87. The zero-order valence-corrected chi connectivity index (χ0v) is 53.5. The van der Waals surface area contributed by atoms with Gasteiger partial charge in [0.1, 0.15) is 40.2 Å². The number of hydrogen-bond donors (Lipinski definition) is 16. The molecule has 4 aliphatic heterocycles. The lowest BCUT2D eigenvalue weighted by atomic mass is 9.82. The van der Waals surface area contributed by atoms with Crippen molar-refractivity contribution in [2.75, 3.05) is 63.9 Å². The lowest BCUT2D eigenvalue weighted by Crippen LogP contribution is -2.64. The molecule has 8 rings (SSSR count). The van der Waals surface area contributed by atoms with Crippen LogP contribution >= 0.6 is 11.3 Å². The summed E-state index contributed by atoms with van der Waals surface area (Å²) >= 11 is 1.55. The van der Waals surface area contributed by atoms with Crippen LogP contribution in [0, 0.1) is 17.3 Å². The number of β-amino-alcohol motifs (C(OH)–C–C–N with tert-alkyl or cyclic N) is 1. The molecule has 0 spiro atoms. The van der Waals surface area contributed by atoms with Crippen molar-refractivity contribution in [3.8, 4) is 22.1 Å². The highest BCUT2D eigenvalue weighted by atomic mass is 32.3. The van der Waals surface area contributed by atoms with Gasteiger partial charge in [0.25, 0.3) is 0 Å². The molecule has 16 N–H and O–H groups in total. The van der Waals surface area contributed by atoms with Gasteiger partial charge in [-0.25, -0.2) is 0 Å². The number of anilines is 1. The summed E-state index contributed by atoms with van der Waals surface area (Å²) in [6, 6.07) is -0.356. The number of nitrogens with zero attached hydrogens (tertiary/aromatic N) is 5. The number of aliphatic hydroxyl groups excluding tert-OH is 8. The zero-order valence-electron chi connectivity index (χ0n) is 51.9. The van der Waals surface area contributed by atoms with E-state index in [1.807, 2.05) is 0 Å². The molecule has 1 aliphatic carbocycles. The molecule has 30 nitrogen and oxygen atoms in total. The van der Waals surface area contributed by atoms with Crippen LogP contribution in [0.4, 0.5) is 5.69 Å². The lowest BCUT2D eigenvalue weighted by molar-refractivity contribution is -0.147. The number of carbonyl (C=O) groups is 6. The van der Waals surface area contributed by atoms with Gasteiger partial charge in [-0.05, 0) is 125 Å². The molecule has 3 aromatic rings. The summed E-state index contributed by atoms with van der Waals surface area (Å²) in [6.45, 7) is 6.82. The Bertz CT molecular complexity index is 3140. The van der Waals surface area contributed by atoms with Crippen molar-refractivity contribution in [1.29, 1.82) is 0 Å². The van der Waals surface area contributed by atoms with Crippen molar-refractivity contribution < 1.29 is 91.9 Å². The molecule has 6 amide bonds. The molecule has 0 radical (unpaired) electrons. The molecule has 5 fully saturated rings. The smallest absolute Gasteiger partial charge is 0.446 e. The fourth-order valence-electron chi connectivity index (χ4n) is 12.6. The quantitative estimate of drug-likeness (QED) is 0.0537. The molecule has 0 bridgehead atoms. The Morgan fingerprint density at radius 1 is 0.783 bits per heavy atom. The van der Waals surface area contributed by atoms with Crippen LogP contribution in [0.15, 0.2) is 42.5 Å². The molecule has 2 aromatic carbocycles. The van der Waals surface area contributed by atoms with E-state index >= 15 is 0 Å². The number of benzene rings is 2. The first-order chi connectivity index (χ1) is 43.5. The van der Waals surface area contributed by atoms with Crippen molar-refractivity contribution in [1.82, 2.24) is 51.9 Å². The largest absolute Gasteiger partial charge is 0.504 e. The molecule has 13 atom stereocenters. The van der Waals surface area contributed by atoms with Gasteiger partial charge in [0.2, 0.25) is 35.4 Å². The second-order valence-corrected chi connectivity index (χ2v) is 27.9. The summed E-state index contributed by atoms with van der Waals surface area (Å²) in [5, 5.41) is 126. The summed E-state index contributed by atoms with van der Waals surface area (Å²) in [5.41, 5.74) is 2.40. The predicted molar refractivity (Wildman–Crippen MR) is 332 cm³/mol. The van der Waals surface area contributed by atoms with Crippen molar-refractivity contribution >= 4 is 62.9 Å². The van der Waals surface area contributed by atoms with Crippen molar-refractivity contribution in [3.05, 3.63) is 53.0 Å². The number of aliphatic hydroxyl groups is 8. The number of hydrogen-bond acceptors (Lipinski definition) is 24. The third-order valence-corrected chi connectivity index (χ3v) is 19.8. The van der Waals surface area contributed by atoms with Gasteiger partial charge in [0.05, 0.1) is 61.9 Å². The highest BCUT2D eigenvalue weighted by molar-refractivity contribution is 7.81. The van der Waals surface area contributed by atoms with E-state index in [2.05, 4.69) is 89.3 Å². The number of aromatic hydroxyl groups is 1. The summed E-state index contributed by atoms with van der Waals surface area (Å²) in [5.74, 6) is -9.00. The van der Waals surface area contributed by atoms with Crippen LogP contribution in [-0.4, -0.2) is 252 Å². The summed E-state index contributed by atoms with van der Waals surface area (Å²) in [4.78, 5) is 92.2. The third-order valence-electron chi connectivity index (χ3n) is 18.3. The van der Waals surface area contributed by atoms with Gasteiger partial charge in [0, 0.05) is 68.7 Å². The van der Waals surface area contributed by atoms with E-state index in [-0.39, 0.29) is 37.0 Å². The Balaban J connectivity index is 1.05. The van der Waals surface area contributed by atoms with Gasteiger partial charge >= 0.3 is 10.4 Å². The van der Waals surface area contributed by atoms with Crippen LogP contribution < -0.4 is 41.0 Å². The number of rotatable bonds is 19. The van der Waals surface area contributed by atoms with Crippen LogP contribution in [0.5, 0.6) is 11.5 Å². The molecule has 4 saturated heterocycles. The average Bonchev–Trinajstić information content (AvgIpc) is 1.85. The number of nitrogens with one attached hydrogen (secondary N) is 6. The molecule has 5 aliphatic rings. The first kappa shape index (κ1) is 71.6. The molecule has 1 unspecified atom stereocenters. The first-order valence-corrected chi connectivity index (χ1v) is 33.5. The fraction of sp³-hybridized carbons (Fsp3) is 0.667. The zero-order chi connectivity index (χ0) is 66.9. The highest BCUT2D eigenvalue weighted by Crippen LogP contribution is 2.40. The molecule has 5 heterocycles. The van der Waals surface area contributed by atoms with E-state index in [4.69, 9.17) is 0 Å². The Morgan fingerprint density at radius 3 is 2.09 bits per heavy atom. The van der Waals surface area contributed by atoms with Gasteiger partial charge < -0.3 is 96.7 Å². The van der Waals surface area contributed by atoms with Crippen LogP contribution in [0.3, 0.4) is 0 Å². The van der Waals surface area contributed by atoms with Gasteiger partial charge in [-0.15, -0.1) is 10.2 Å². The van der Waals surface area contributed by atoms with Crippen molar-refractivity contribution in [3.63, 3.8) is 0 Å². The first-order valence-electron chi connectivity index (χ1n) is 31.3. The number of piperidine rings is 1. The standard InChI is InChI=1S/C60H89N11O19S2/c1-31-27-71-50(51(31)80)55(84)63-26-39(75)23-41(62-25-33-5-8-35(9-6-33)56-67-68-57(91-56)36-10-12-38(13-11-36)69-19-16-60(3,4)17-20-69)52(81)64-47(32(2)74)58(85)70-28-40(76)24-42(70)53(82)65-48(45(79)21-34-7-14-43(77)46(22-34)90-92(87,88)89)54(83)66-49(59(71)86)44(78)15-18-61-37(29-72)30-73/h7,10-14,22,31-33,35,37,39-42,44-45,47-51,61-62,72-80H,5-6,8-9,15-21,23-30H2,1-4H3,(H,63,84)(H,64,81)(H,65,82)(H,66,83)(H,87,88,89)/t31-,32+,33?,35?,39+,40+,41?,42-,44+,45+,47-,48-,49-,50-,51-/m0/s1. The van der Waals surface area contributed by atoms with Gasteiger partial charge in [-0.2, -0.15) is 8.42 Å². The maximum absolute atomic E-state index is 15.0. The van der Waals surface area contributed by atoms with E-state index in [1.54, 1.807) is 11.3 Å². The second-order valence-electron chi connectivity index (χ2n) is 25.9. The Morgan fingerprint density at radius 2 is 1.43 bits per heavy atom. The van der Waals surface area contributed by atoms with Crippen LogP contribution in [0.2, 0.25) is 0 Å². The summed E-state index contributed by atoms with van der Waals surface area (Å²) in [6.07, 6.45) is -7.03. The SMILES string of the molecule is C[C@@H](O)[C@@H]1NC(=O)C(NCC2CCC(c3nnc(-c4ccc(N5CCC(C)(C)CC5)cc4)s3)CC2)C[C@@H](O)CNC(=O)[C@@H]2[C@@H](O)[C@@H](C)CN2C(=O)[C@H]([C@H](O)CCNC(CO)CO)NC(=O)[C@H]([C@H](O)Cc2ccc(O)c(OS(=O)(=O)O)c2)NC(=O)[C@@H]2C[C@@H](O)CN2C1=O. The lowest BCUT2D eigenvalue weighted by Gasteiger charge is -2.38. The van der Waals surface area contributed by atoms with E-state index in [1.165, 1.54) is 19.5 Å². The summed E-state index contributed by atoms with van der Waals surface area (Å²) in [7, 11) is -5.22. The number of fused-ring (bicyclic) bond motifs is 2. The van der Waals surface area contributed by atoms with Crippen LogP contribution in [0.25, 0.3) is 10.6 Å². The van der Waals surface area contributed by atoms with Gasteiger partial charge in [-0.1, -0.05) is 38.2 Å². The fourth-order valence-corrected chi connectivity index (χ4v) is 14.0. The van der Waals surface area contributed by atoms with E-state index in [0.29, 0.717) is 18.3 Å². The maximum atomic E-state index is 15.0. The monoisotopic (exact) mass is 1330 g/mol. The van der Waals surface area contributed by atoms with Crippen LogP contribution in [-0.2, 0) is 45.6 Å². The number of aromatic nitrogens is 2. The second kappa shape index (κ2) is 31.3. The minimum atomic E-state index is -5.22. The Labute approximate surface area is 537 Å². The molecule has 510 valence electrons. The molecule has 1 aromatic heterocycles. The molecule has 32 heteroatoms. The third kappa shape index (κ3) is 18.3. The van der Waals surface area contributed by atoms with Gasteiger partial charge in [-0.3, -0.25) is 33.3 Å². The molecule has 1 saturated carbocycles. The highest BCUT2D eigenvalue weighted by Gasteiger charge is 2.50. The minimum Gasteiger partial charge on any atom is -0.504 e. The van der Waals surface area contributed by atoms with Crippen molar-refractivity contribution in [2.45, 2.75) is 177 Å². The van der Waals surface area contributed by atoms with Crippen LogP contribution in [0.1, 0.15) is 102 Å². The molecular weight excluding hydrogens is 1240 g/mol. The topological polar surface area (TPSA) is 456 Å². The van der Waals surface area contributed by atoms with E-state index in [0.717, 1.165) is 82.4 Å². The number of amides is 6. The molecular formula is C60H89N11O19S2. The van der Waals surface area contributed by atoms with Crippen molar-refractivity contribution in [2.24, 2.45) is 17.3 Å². The number of phenolic OH excluding ortho intramolecular Hbond substituents is 1. The Hall–Kier alpha value is -6.27. The summed E-state index contributed by atoms with van der Waals surface area (Å²) < 4.78 is 37.0. The van der Waals surface area contributed by atoms with E-state index in [9.17, 15) is 87.7 Å². The normalized spacial score (nSPS) is 29.3. The average molecular weight is 1330 g/mol. The number of carbonyl (C=O) groups excluding carboxylic acids is 6.